The van der Waals surface area contributed by atoms with Crippen LogP contribution >= 0.6 is 15.9 Å². The van der Waals surface area contributed by atoms with Crippen molar-refractivity contribution in [2.75, 3.05) is 17.7 Å². The zero-order valence-corrected chi connectivity index (χ0v) is 13.5. The summed E-state index contributed by atoms with van der Waals surface area (Å²) in [6.07, 6.45) is 0.845. The minimum absolute atomic E-state index is 0.266. The summed E-state index contributed by atoms with van der Waals surface area (Å²) in [7, 11) is 1.61. The van der Waals surface area contributed by atoms with E-state index < -0.39 is 0 Å². The lowest BCUT2D eigenvalue weighted by Gasteiger charge is -2.11. The lowest BCUT2D eigenvalue weighted by atomic mass is 10.1. The number of benzene rings is 2. The average molecular weight is 349 g/mol. The monoisotopic (exact) mass is 348 g/mol. The number of carbonyl (C=O) groups excluding carboxylic acids is 1. The first-order valence-electron chi connectivity index (χ1n) is 6.63. The number of amides is 2. The molecule has 0 saturated carbocycles. The summed E-state index contributed by atoms with van der Waals surface area (Å²) in [5.41, 5.74) is 2.60. The smallest absolute Gasteiger partial charge is 0.323 e. The first-order chi connectivity index (χ1) is 10.1. The first kappa shape index (κ1) is 15.4. The zero-order valence-electron chi connectivity index (χ0n) is 11.9. The molecule has 0 aromatic heterocycles. The molecule has 2 aromatic carbocycles. The zero-order chi connectivity index (χ0) is 15.2. The molecule has 2 rings (SSSR count). The Morgan fingerprint density at radius 1 is 1.14 bits per heavy atom. The molecular weight excluding hydrogens is 332 g/mol. The number of carbonyl (C=O) groups is 1. The van der Waals surface area contributed by atoms with Gasteiger partial charge >= 0.3 is 6.03 Å². The van der Waals surface area contributed by atoms with Gasteiger partial charge in [-0.1, -0.05) is 22.9 Å². The summed E-state index contributed by atoms with van der Waals surface area (Å²) >= 11 is 3.43. The van der Waals surface area contributed by atoms with Crippen LogP contribution in [0.2, 0.25) is 0 Å². The van der Waals surface area contributed by atoms with E-state index in [1.807, 2.05) is 25.1 Å². The molecule has 5 heteroatoms. The van der Waals surface area contributed by atoms with Crippen LogP contribution in [0.3, 0.4) is 0 Å². The summed E-state index contributed by atoms with van der Waals surface area (Å²) in [4.78, 5) is 12.0. The van der Waals surface area contributed by atoms with Gasteiger partial charge in [0.05, 0.1) is 7.11 Å². The highest BCUT2D eigenvalue weighted by Crippen LogP contribution is 2.22. The first-order valence-corrected chi connectivity index (χ1v) is 7.42. The largest absolute Gasteiger partial charge is 0.497 e. The second-order valence-corrected chi connectivity index (χ2v) is 5.38. The van der Waals surface area contributed by atoms with E-state index >= 15 is 0 Å². The maximum atomic E-state index is 12.0. The van der Waals surface area contributed by atoms with Crippen LogP contribution < -0.4 is 15.4 Å². The fourth-order valence-electron chi connectivity index (χ4n) is 1.94. The molecule has 4 nitrogen and oxygen atoms in total. The van der Waals surface area contributed by atoms with Gasteiger partial charge in [0.1, 0.15) is 5.75 Å². The van der Waals surface area contributed by atoms with Crippen LogP contribution in [0.5, 0.6) is 5.75 Å². The molecule has 0 unspecified atom stereocenters. The Hall–Kier alpha value is -2.01. The topological polar surface area (TPSA) is 50.4 Å². The third-order valence-corrected chi connectivity index (χ3v) is 3.54. The molecule has 21 heavy (non-hydrogen) atoms. The Morgan fingerprint density at radius 2 is 1.86 bits per heavy atom. The number of methoxy groups -OCH3 is 1. The Morgan fingerprint density at radius 3 is 2.48 bits per heavy atom. The van der Waals surface area contributed by atoms with Gasteiger partial charge in [0.15, 0.2) is 0 Å². The second-order valence-electron chi connectivity index (χ2n) is 4.46. The minimum Gasteiger partial charge on any atom is -0.497 e. The van der Waals surface area contributed by atoms with Crippen molar-refractivity contribution < 1.29 is 9.53 Å². The highest BCUT2D eigenvalue weighted by molar-refractivity contribution is 9.10. The molecule has 2 aromatic rings. The van der Waals surface area contributed by atoms with E-state index in [1.165, 1.54) is 0 Å². The quantitative estimate of drug-likeness (QED) is 0.843. The highest BCUT2D eigenvalue weighted by Gasteiger charge is 2.07. The van der Waals surface area contributed by atoms with Gasteiger partial charge in [-0.25, -0.2) is 4.79 Å². The van der Waals surface area contributed by atoms with Crippen LogP contribution in [0, 0.1) is 0 Å². The molecule has 0 atom stereocenters. The molecule has 0 bridgehead atoms. The van der Waals surface area contributed by atoms with Crippen molar-refractivity contribution in [1.82, 2.24) is 0 Å². The molecule has 0 heterocycles. The molecular formula is C16H17BrN2O2. The number of aryl methyl sites for hydroxylation is 1. The molecule has 2 N–H and O–H groups in total. The Labute approximate surface area is 132 Å². The SMILES string of the molecule is CCc1cc(Br)ccc1NC(=O)Nc1ccc(OC)cc1. The number of anilines is 2. The lowest BCUT2D eigenvalue weighted by Crippen LogP contribution is -2.20. The molecule has 0 fully saturated rings. The van der Waals surface area contributed by atoms with Crippen LogP contribution in [-0.2, 0) is 6.42 Å². The summed E-state index contributed by atoms with van der Waals surface area (Å²) in [6.45, 7) is 2.05. The number of halogens is 1. The number of nitrogens with one attached hydrogen (secondary N) is 2. The van der Waals surface area contributed by atoms with E-state index in [0.29, 0.717) is 5.69 Å². The molecule has 0 aliphatic carbocycles. The molecule has 0 spiro atoms. The van der Waals surface area contributed by atoms with Gasteiger partial charge in [-0.15, -0.1) is 0 Å². The fraction of sp³-hybridized carbons (Fsp3) is 0.188. The third kappa shape index (κ3) is 4.23. The maximum Gasteiger partial charge on any atom is 0.323 e. The van der Waals surface area contributed by atoms with Crippen molar-refractivity contribution in [1.29, 1.82) is 0 Å². The maximum absolute atomic E-state index is 12.0. The Kier molecular flexibility index (Phi) is 5.22. The number of ether oxygens (including phenoxy) is 1. The number of hydrogen-bond donors (Lipinski definition) is 2. The van der Waals surface area contributed by atoms with E-state index in [1.54, 1.807) is 31.4 Å². The van der Waals surface area contributed by atoms with E-state index in [0.717, 1.165) is 27.9 Å². The van der Waals surface area contributed by atoms with Crippen LogP contribution in [0.1, 0.15) is 12.5 Å². The second kappa shape index (κ2) is 7.13. The Balaban J connectivity index is 2.04. The van der Waals surface area contributed by atoms with Crippen LogP contribution in [0.15, 0.2) is 46.9 Å². The number of hydrogen-bond acceptors (Lipinski definition) is 2. The fourth-order valence-corrected chi connectivity index (χ4v) is 2.34. The van der Waals surface area contributed by atoms with Gasteiger partial charge in [0.25, 0.3) is 0 Å². The van der Waals surface area contributed by atoms with Crippen molar-refractivity contribution in [2.45, 2.75) is 13.3 Å². The summed E-state index contributed by atoms with van der Waals surface area (Å²) in [6, 6.07) is 12.7. The van der Waals surface area contributed by atoms with Gasteiger partial charge in [-0.3, -0.25) is 0 Å². The van der Waals surface area contributed by atoms with Gasteiger partial charge < -0.3 is 15.4 Å². The van der Waals surface area contributed by atoms with Crippen molar-refractivity contribution in [3.8, 4) is 5.75 Å². The summed E-state index contributed by atoms with van der Waals surface area (Å²) in [5.74, 6) is 0.752. The van der Waals surface area contributed by atoms with Gasteiger partial charge in [0, 0.05) is 15.8 Å². The van der Waals surface area contributed by atoms with Crippen LogP contribution in [-0.4, -0.2) is 13.1 Å². The molecule has 110 valence electrons. The predicted octanol–water partition coefficient (Wildman–Crippen LogP) is 4.66. The molecule has 2 amide bonds. The van der Waals surface area contributed by atoms with Gasteiger partial charge in [-0.2, -0.15) is 0 Å². The average Bonchev–Trinajstić information content (AvgIpc) is 2.49. The standard InChI is InChI=1S/C16H17BrN2O2/c1-3-11-10-12(17)4-9-15(11)19-16(20)18-13-5-7-14(21-2)8-6-13/h4-10H,3H2,1-2H3,(H2,18,19,20). The van der Waals surface area contributed by atoms with Crippen LogP contribution in [0.25, 0.3) is 0 Å². The van der Waals surface area contributed by atoms with Gasteiger partial charge in [0.2, 0.25) is 0 Å². The van der Waals surface area contributed by atoms with E-state index in [2.05, 4.69) is 26.6 Å². The van der Waals surface area contributed by atoms with E-state index in [9.17, 15) is 4.79 Å². The lowest BCUT2D eigenvalue weighted by molar-refractivity contribution is 0.262. The van der Waals surface area contributed by atoms with Crippen molar-refractivity contribution in [3.05, 3.63) is 52.5 Å². The Bertz CT molecular complexity index is 627. The van der Waals surface area contributed by atoms with E-state index in [4.69, 9.17) is 4.74 Å². The normalized spacial score (nSPS) is 10.0. The van der Waals surface area contributed by atoms with Crippen molar-refractivity contribution >= 4 is 33.3 Å². The predicted molar refractivity (Wildman–Crippen MR) is 89.2 cm³/mol. The third-order valence-electron chi connectivity index (χ3n) is 3.04. The molecule has 0 saturated heterocycles. The van der Waals surface area contributed by atoms with Crippen LogP contribution in [0.4, 0.5) is 16.2 Å². The summed E-state index contributed by atoms with van der Waals surface area (Å²) < 4.78 is 6.08. The number of rotatable bonds is 4. The van der Waals surface area contributed by atoms with E-state index in [-0.39, 0.29) is 6.03 Å². The van der Waals surface area contributed by atoms with Crippen molar-refractivity contribution in [2.24, 2.45) is 0 Å². The minimum atomic E-state index is -0.266. The van der Waals surface area contributed by atoms with Gasteiger partial charge in [-0.05, 0) is 54.4 Å². The molecule has 0 aliphatic heterocycles. The summed E-state index contributed by atoms with van der Waals surface area (Å²) in [5, 5.41) is 5.65. The highest BCUT2D eigenvalue weighted by atomic mass is 79.9. The number of urea groups is 1. The van der Waals surface area contributed by atoms with Crippen molar-refractivity contribution in [3.63, 3.8) is 0 Å². The molecule has 0 aliphatic rings. The molecule has 0 radical (unpaired) electrons.